The van der Waals surface area contributed by atoms with Crippen molar-refractivity contribution in [1.82, 2.24) is 0 Å². The molecule has 1 heterocycles. The van der Waals surface area contributed by atoms with Gasteiger partial charge in [-0.1, -0.05) is 12.1 Å². The fourth-order valence-corrected chi connectivity index (χ4v) is 2.27. The van der Waals surface area contributed by atoms with Crippen molar-refractivity contribution in [2.24, 2.45) is 11.7 Å². The fourth-order valence-electron chi connectivity index (χ4n) is 2.27. The first-order chi connectivity index (χ1) is 8.48. The summed E-state index contributed by atoms with van der Waals surface area (Å²) >= 11 is 0. The predicted octanol–water partition coefficient (Wildman–Crippen LogP) is 3.13. The molecule has 2 rings (SSSR count). The summed E-state index contributed by atoms with van der Waals surface area (Å²) < 4.78 is 43.1. The minimum absolute atomic E-state index is 0.197. The molecule has 0 saturated carbocycles. The Morgan fingerprint density at radius 3 is 2.50 bits per heavy atom. The fraction of sp³-hybridized carbons (Fsp3) is 0.538. The van der Waals surface area contributed by atoms with Gasteiger partial charge in [-0.25, -0.2) is 0 Å². The van der Waals surface area contributed by atoms with Crippen LogP contribution in [0.5, 0.6) is 0 Å². The number of halogens is 3. The van der Waals surface area contributed by atoms with E-state index in [-0.39, 0.29) is 12.0 Å². The molecule has 0 amide bonds. The van der Waals surface area contributed by atoms with Crippen molar-refractivity contribution in [3.8, 4) is 0 Å². The van der Waals surface area contributed by atoms with E-state index in [0.29, 0.717) is 18.8 Å². The van der Waals surface area contributed by atoms with Crippen LogP contribution in [0.25, 0.3) is 0 Å². The van der Waals surface area contributed by atoms with Gasteiger partial charge in [-0.2, -0.15) is 13.2 Å². The Hall–Kier alpha value is -1.07. The van der Waals surface area contributed by atoms with E-state index < -0.39 is 11.7 Å². The third-order valence-electron chi connectivity index (χ3n) is 3.37. The lowest BCUT2D eigenvalue weighted by atomic mass is 9.87. The average molecular weight is 259 g/mol. The van der Waals surface area contributed by atoms with Crippen LogP contribution in [0.4, 0.5) is 13.2 Å². The van der Waals surface area contributed by atoms with E-state index in [0.717, 1.165) is 25.0 Å². The zero-order chi connectivity index (χ0) is 13.2. The normalized spacial score (nSPS) is 19.8. The van der Waals surface area contributed by atoms with Gasteiger partial charge in [-0.3, -0.25) is 0 Å². The second-order valence-corrected chi connectivity index (χ2v) is 4.60. The van der Waals surface area contributed by atoms with Gasteiger partial charge < -0.3 is 10.5 Å². The predicted molar refractivity (Wildman–Crippen MR) is 61.9 cm³/mol. The van der Waals surface area contributed by atoms with Gasteiger partial charge in [-0.15, -0.1) is 0 Å². The van der Waals surface area contributed by atoms with E-state index in [9.17, 15) is 13.2 Å². The number of hydrogen-bond donors (Lipinski definition) is 1. The van der Waals surface area contributed by atoms with Crippen LogP contribution >= 0.6 is 0 Å². The Morgan fingerprint density at radius 2 is 1.89 bits per heavy atom. The zero-order valence-corrected chi connectivity index (χ0v) is 9.91. The molecular weight excluding hydrogens is 243 g/mol. The molecule has 1 aromatic rings. The molecule has 0 spiro atoms. The quantitative estimate of drug-likeness (QED) is 0.885. The molecule has 0 aliphatic carbocycles. The van der Waals surface area contributed by atoms with Gasteiger partial charge in [0, 0.05) is 19.3 Å². The summed E-state index contributed by atoms with van der Waals surface area (Å²) in [6, 6.07) is 4.95. The number of alkyl halides is 3. The van der Waals surface area contributed by atoms with E-state index in [1.54, 1.807) is 6.07 Å². The second kappa shape index (κ2) is 5.28. The lowest BCUT2D eigenvalue weighted by Gasteiger charge is -2.28. The Bertz CT molecular complexity index is 399. The summed E-state index contributed by atoms with van der Waals surface area (Å²) in [5.41, 5.74) is 5.97. The third kappa shape index (κ3) is 3.03. The van der Waals surface area contributed by atoms with Gasteiger partial charge >= 0.3 is 6.18 Å². The van der Waals surface area contributed by atoms with Crippen molar-refractivity contribution in [3.63, 3.8) is 0 Å². The molecule has 0 radical (unpaired) electrons. The van der Waals surface area contributed by atoms with Crippen LogP contribution in [0.3, 0.4) is 0 Å². The molecule has 18 heavy (non-hydrogen) atoms. The number of ether oxygens (including phenoxy) is 1. The minimum Gasteiger partial charge on any atom is -0.381 e. The molecule has 2 nitrogen and oxygen atoms in total. The van der Waals surface area contributed by atoms with E-state index in [2.05, 4.69) is 0 Å². The maximum absolute atomic E-state index is 12.6. The molecule has 1 saturated heterocycles. The molecule has 0 unspecified atom stereocenters. The first kappa shape index (κ1) is 13.4. The molecule has 1 atom stereocenters. The van der Waals surface area contributed by atoms with Crippen molar-refractivity contribution >= 4 is 0 Å². The second-order valence-electron chi connectivity index (χ2n) is 4.60. The van der Waals surface area contributed by atoms with Crippen molar-refractivity contribution in [2.75, 3.05) is 13.2 Å². The van der Waals surface area contributed by atoms with Gasteiger partial charge in [0.2, 0.25) is 0 Å². The number of benzene rings is 1. The van der Waals surface area contributed by atoms with Crippen LogP contribution in [0, 0.1) is 5.92 Å². The number of nitrogens with two attached hydrogens (primary N) is 1. The van der Waals surface area contributed by atoms with Crippen molar-refractivity contribution in [1.29, 1.82) is 0 Å². The first-order valence-electron chi connectivity index (χ1n) is 5.99. The minimum atomic E-state index is -4.31. The highest BCUT2D eigenvalue weighted by Crippen LogP contribution is 2.33. The van der Waals surface area contributed by atoms with Gasteiger partial charge in [0.15, 0.2) is 0 Å². The van der Waals surface area contributed by atoms with Crippen LogP contribution in [-0.2, 0) is 10.9 Å². The van der Waals surface area contributed by atoms with Crippen LogP contribution in [0.15, 0.2) is 24.3 Å². The largest absolute Gasteiger partial charge is 0.416 e. The molecule has 0 aromatic heterocycles. The van der Waals surface area contributed by atoms with E-state index in [4.69, 9.17) is 10.5 Å². The molecule has 2 N–H and O–H groups in total. The van der Waals surface area contributed by atoms with Gasteiger partial charge in [0.1, 0.15) is 0 Å². The van der Waals surface area contributed by atoms with Gasteiger partial charge in [-0.05, 0) is 36.5 Å². The molecule has 5 heteroatoms. The monoisotopic (exact) mass is 259 g/mol. The molecule has 1 fully saturated rings. The van der Waals surface area contributed by atoms with E-state index in [1.165, 1.54) is 6.07 Å². The van der Waals surface area contributed by atoms with Crippen molar-refractivity contribution < 1.29 is 17.9 Å². The summed E-state index contributed by atoms with van der Waals surface area (Å²) in [7, 11) is 0. The number of rotatable bonds is 2. The summed E-state index contributed by atoms with van der Waals surface area (Å²) in [6.07, 6.45) is -2.71. The lowest BCUT2D eigenvalue weighted by Crippen LogP contribution is -2.27. The Balaban J connectivity index is 2.17. The van der Waals surface area contributed by atoms with Gasteiger partial charge in [0.05, 0.1) is 5.56 Å². The summed E-state index contributed by atoms with van der Waals surface area (Å²) in [4.78, 5) is 0. The molecular formula is C13H16F3NO. The molecule has 1 aromatic carbocycles. The summed E-state index contributed by atoms with van der Waals surface area (Å²) in [5.74, 6) is 0.197. The van der Waals surface area contributed by atoms with Crippen LogP contribution in [0.2, 0.25) is 0 Å². The lowest BCUT2D eigenvalue weighted by molar-refractivity contribution is -0.137. The highest BCUT2D eigenvalue weighted by molar-refractivity contribution is 5.28. The third-order valence-corrected chi connectivity index (χ3v) is 3.37. The van der Waals surface area contributed by atoms with Crippen molar-refractivity contribution in [2.45, 2.75) is 25.1 Å². The van der Waals surface area contributed by atoms with Crippen molar-refractivity contribution in [3.05, 3.63) is 35.4 Å². The topological polar surface area (TPSA) is 35.2 Å². The SMILES string of the molecule is N[C@@H](c1cccc(C(F)(F)F)c1)C1CCOCC1. The highest BCUT2D eigenvalue weighted by Gasteiger charge is 2.31. The van der Waals surface area contributed by atoms with E-state index in [1.807, 2.05) is 0 Å². The highest BCUT2D eigenvalue weighted by atomic mass is 19.4. The summed E-state index contributed by atoms with van der Waals surface area (Å²) in [5, 5.41) is 0. The smallest absolute Gasteiger partial charge is 0.381 e. The van der Waals surface area contributed by atoms with Gasteiger partial charge in [0.25, 0.3) is 0 Å². The zero-order valence-electron chi connectivity index (χ0n) is 9.91. The molecule has 0 bridgehead atoms. The maximum Gasteiger partial charge on any atom is 0.416 e. The standard InChI is InChI=1S/C13H16F3NO/c14-13(15,16)11-3-1-2-10(8-11)12(17)9-4-6-18-7-5-9/h1-3,8-9,12H,4-7,17H2/t12-/m1/s1. The van der Waals surface area contributed by atoms with Crippen LogP contribution in [0.1, 0.15) is 30.0 Å². The Morgan fingerprint density at radius 1 is 1.22 bits per heavy atom. The van der Waals surface area contributed by atoms with E-state index >= 15 is 0 Å². The Kier molecular flexibility index (Phi) is 3.92. The first-order valence-corrected chi connectivity index (χ1v) is 5.99. The van der Waals surface area contributed by atoms with Crippen LogP contribution in [-0.4, -0.2) is 13.2 Å². The maximum atomic E-state index is 12.6. The molecule has 1 aliphatic rings. The molecule has 100 valence electrons. The number of hydrogen-bond acceptors (Lipinski definition) is 2. The average Bonchev–Trinajstić information content (AvgIpc) is 2.38. The van der Waals surface area contributed by atoms with Crippen LogP contribution < -0.4 is 5.73 Å². The Labute approximate surface area is 104 Å². The summed E-state index contributed by atoms with van der Waals surface area (Å²) in [6.45, 7) is 1.27. The molecule has 1 aliphatic heterocycles.